The van der Waals surface area contributed by atoms with Crippen LogP contribution in [-0.4, -0.2) is 18.4 Å². The van der Waals surface area contributed by atoms with E-state index in [0.29, 0.717) is 6.42 Å². The van der Waals surface area contributed by atoms with Gasteiger partial charge in [-0.25, -0.2) is 0 Å². The summed E-state index contributed by atoms with van der Waals surface area (Å²) in [7, 11) is 0. The summed E-state index contributed by atoms with van der Waals surface area (Å²) in [5.41, 5.74) is 0. The molecule has 0 bridgehead atoms. The van der Waals surface area contributed by atoms with E-state index in [4.69, 9.17) is 4.74 Å². The number of rotatable bonds is 3. The second-order valence-electron chi connectivity index (χ2n) is 3.52. The lowest BCUT2D eigenvalue weighted by molar-refractivity contribution is -0.150. The maximum Gasteiger partial charge on any atom is 0.305 e. The highest BCUT2D eigenvalue weighted by molar-refractivity contribution is 5.69. The highest BCUT2D eigenvalue weighted by Crippen LogP contribution is 2.24. The maximum absolute atomic E-state index is 10.9. The Morgan fingerprint density at radius 1 is 1.38 bits per heavy atom. The van der Waals surface area contributed by atoms with E-state index < -0.39 is 0 Å². The molecular formula is C10H16O3. The summed E-state index contributed by atoms with van der Waals surface area (Å²) < 4.78 is 5.18. The quantitative estimate of drug-likeness (QED) is 0.495. The van der Waals surface area contributed by atoms with Crippen molar-refractivity contribution in [2.45, 2.75) is 45.1 Å². The van der Waals surface area contributed by atoms with Crippen molar-refractivity contribution in [2.75, 3.05) is 0 Å². The van der Waals surface area contributed by atoms with E-state index in [-0.39, 0.29) is 18.0 Å². The van der Waals surface area contributed by atoms with Crippen molar-refractivity contribution in [1.29, 1.82) is 0 Å². The molecule has 3 nitrogen and oxygen atoms in total. The smallest absolute Gasteiger partial charge is 0.305 e. The Bertz CT molecular complexity index is 181. The van der Waals surface area contributed by atoms with E-state index in [0.717, 1.165) is 32.0 Å². The van der Waals surface area contributed by atoms with Crippen LogP contribution in [0.5, 0.6) is 0 Å². The van der Waals surface area contributed by atoms with E-state index in [9.17, 15) is 9.59 Å². The van der Waals surface area contributed by atoms with Crippen LogP contribution in [-0.2, 0) is 14.3 Å². The Labute approximate surface area is 78.5 Å². The van der Waals surface area contributed by atoms with Crippen LogP contribution in [0.3, 0.4) is 0 Å². The summed E-state index contributed by atoms with van der Waals surface area (Å²) in [6.45, 7) is 1.79. The van der Waals surface area contributed by atoms with Crippen molar-refractivity contribution in [3.8, 4) is 0 Å². The van der Waals surface area contributed by atoms with Gasteiger partial charge in [0, 0.05) is 12.3 Å². The molecule has 1 saturated carbocycles. The lowest BCUT2D eigenvalue weighted by atomic mass is 9.88. The summed E-state index contributed by atoms with van der Waals surface area (Å²) in [5.74, 6) is 0.0612. The molecule has 0 amide bonds. The van der Waals surface area contributed by atoms with Crippen LogP contribution in [0.25, 0.3) is 0 Å². The summed E-state index contributed by atoms with van der Waals surface area (Å²) in [6.07, 6.45) is 4.93. The normalized spacial score (nSPS) is 28.1. The van der Waals surface area contributed by atoms with Gasteiger partial charge in [0.15, 0.2) is 0 Å². The molecule has 1 aliphatic carbocycles. The largest absolute Gasteiger partial charge is 0.462 e. The molecule has 1 aliphatic rings. The highest BCUT2D eigenvalue weighted by Gasteiger charge is 2.22. The summed E-state index contributed by atoms with van der Waals surface area (Å²) in [4.78, 5) is 21.4. The third-order valence-corrected chi connectivity index (χ3v) is 2.50. The third kappa shape index (κ3) is 3.17. The van der Waals surface area contributed by atoms with Gasteiger partial charge in [-0.05, 0) is 25.7 Å². The third-order valence-electron chi connectivity index (χ3n) is 2.50. The summed E-state index contributed by atoms with van der Waals surface area (Å²) >= 11 is 0. The second-order valence-corrected chi connectivity index (χ2v) is 3.52. The van der Waals surface area contributed by atoms with Crippen LogP contribution in [0.2, 0.25) is 0 Å². The van der Waals surface area contributed by atoms with Gasteiger partial charge in [-0.2, -0.15) is 0 Å². The molecule has 1 fully saturated rings. The fraction of sp³-hybridized carbons (Fsp3) is 0.800. The van der Waals surface area contributed by atoms with Crippen LogP contribution in [0, 0.1) is 5.92 Å². The minimum Gasteiger partial charge on any atom is -0.462 e. The van der Waals surface area contributed by atoms with Gasteiger partial charge in [0.05, 0.1) is 0 Å². The van der Waals surface area contributed by atoms with Gasteiger partial charge < -0.3 is 9.53 Å². The Balaban J connectivity index is 2.24. The molecule has 0 unspecified atom stereocenters. The molecule has 0 aromatic carbocycles. The fourth-order valence-electron chi connectivity index (χ4n) is 1.61. The monoisotopic (exact) mass is 184 g/mol. The van der Waals surface area contributed by atoms with Crippen molar-refractivity contribution < 1.29 is 14.3 Å². The molecule has 0 radical (unpaired) electrons. The summed E-state index contributed by atoms with van der Waals surface area (Å²) in [6, 6.07) is 0. The number of carbonyl (C=O) groups is 2. The van der Waals surface area contributed by atoms with E-state index in [2.05, 4.69) is 0 Å². The molecule has 0 saturated heterocycles. The number of esters is 1. The Morgan fingerprint density at radius 3 is 2.46 bits per heavy atom. The van der Waals surface area contributed by atoms with Crippen molar-refractivity contribution in [1.82, 2.24) is 0 Å². The first kappa shape index (κ1) is 10.2. The topological polar surface area (TPSA) is 43.4 Å². The van der Waals surface area contributed by atoms with Gasteiger partial charge in [0.2, 0.25) is 0 Å². The first-order valence-corrected chi connectivity index (χ1v) is 4.91. The lowest BCUT2D eigenvalue weighted by Gasteiger charge is -2.25. The number of hydrogen-bond acceptors (Lipinski definition) is 3. The zero-order valence-corrected chi connectivity index (χ0v) is 7.99. The molecule has 0 aliphatic heterocycles. The minimum absolute atomic E-state index is 0.0589. The van der Waals surface area contributed by atoms with Crippen LogP contribution in [0.4, 0.5) is 0 Å². The Kier molecular flexibility index (Phi) is 3.93. The SMILES string of the molecule is CCC(=O)OC1CCC(C=O)CC1. The van der Waals surface area contributed by atoms with Gasteiger partial charge in [-0.3, -0.25) is 4.79 Å². The fourth-order valence-corrected chi connectivity index (χ4v) is 1.61. The minimum atomic E-state index is -0.130. The molecule has 74 valence electrons. The number of hydrogen-bond donors (Lipinski definition) is 0. The molecule has 0 aromatic rings. The predicted octanol–water partition coefficient (Wildman–Crippen LogP) is 1.70. The van der Waals surface area contributed by atoms with Gasteiger partial charge in [0.1, 0.15) is 12.4 Å². The molecule has 3 heteroatoms. The van der Waals surface area contributed by atoms with E-state index in [1.54, 1.807) is 6.92 Å². The van der Waals surface area contributed by atoms with E-state index in [1.807, 2.05) is 0 Å². The number of carbonyl (C=O) groups excluding carboxylic acids is 2. The van der Waals surface area contributed by atoms with Gasteiger partial charge in [-0.15, -0.1) is 0 Å². The zero-order valence-electron chi connectivity index (χ0n) is 7.99. The maximum atomic E-state index is 10.9. The number of ether oxygens (including phenoxy) is 1. The molecule has 0 N–H and O–H groups in total. The van der Waals surface area contributed by atoms with E-state index in [1.165, 1.54) is 0 Å². The van der Waals surface area contributed by atoms with Crippen molar-refractivity contribution in [3.05, 3.63) is 0 Å². The first-order valence-electron chi connectivity index (χ1n) is 4.91. The first-order chi connectivity index (χ1) is 6.26. The summed E-state index contributed by atoms with van der Waals surface area (Å²) in [5, 5.41) is 0. The highest BCUT2D eigenvalue weighted by atomic mass is 16.5. The molecular weight excluding hydrogens is 168 g/mol. The zero-order chi connectivity index (χ0) is 9.68. The molecule has 0 heterocycles. The van der Waals surface area contributed by atoms with Crippen molar-refractivity contribution in [3.63, 3.8) is 0 Å². The van der Waals surface area contributed by atoms with Crippen molar-refractivity contribution in [2.24, 2.45) is 5.92 Å². The molecule has 0 atom stereocenters. The average Bonchev–Trinajstić information content (AvgIpc) is 2.19. The van der Waals surface area contributed by atoms with E-state index >= 15 is 0 Å². The second kappa shape index (κ2) is 5.00. The number of aldehydes is 1. The van der Waals surface area contributed by atoms with Gasteiger partial charge in [0.25, 0.3) is 0 Å². The molecule has 0 spiro atoms. The van der Waals surface area contributed by atoms with Crippen LogP contribution in [0.15, 0.2) is 0 Å². The van der Waals surface area contributed by atoms with Gasteiger partial charge >= 0.3 is 5.97 Å². The predicted molar refractivity (Wildman–Crippen MR) is 48.2 cm³/mol. The molecule has 0 aromatic heterocycles. The average molecular weight is 184 g/mol. The van der Waals surface area contributed by atoms with Gasteiger partial charge in [-0.1, -0.05) is 6.92 Å². The Hall–Kier alpha value is -0.860. The van der Waals surface area contributed by atoms with Crippen molar-refractivity contribution >= 4 is 12.3 Å². The van der Waals surface area contributed by atoms with Crippen LogP contribution in [0.1, 0.15) is 39.0 Å². The molecule has 13 heavy (non-hydrogen) atoms. The molecule has 1 rings (SSSR count). The van der Waals surface area contributed by atoms with Crippen LogP contribution < -0.4 is 0 Å². The lowest BCUT2D eigenvalue weighted by Crippen LogP contribution is -2.24. The van der Waals surface area contributed by atoms with Crippen LogP contribution >= 0.6 is 0 Å². The Morgan fingerprint density at radius 2 is 2.00 bits per heavy atom. The standard InChI is InChI=1S/C10H16O3/c1-2-10(12)13-9-5-3-8(7-11)4-6-9/h7-9H,2-6H2,1H3.